The molecule has 1 aliphatic heterocycles. The lowest BCUT2D eigenvalue weighted by molar-refractivity contribution is -0.130. The summed E-state index contributed by atoms with van der Waals surface area (Å²) in [5.74, 6) is -0.138. The molecule has 0 bridgehead atoms. The van der Waals surface area contributed by atoms with Crippen molar-refractivity contribution < 1.29 is 14.7 Å². The summed E-state index contributed by atoms with van der Waals surface area (Å²) < 4.78 is 0. The number of carbonyl (C=O) groups is 2. The van der Waals surface area contributed by atoms with Crippen LogP contribution in [-0.4, -0.2) is 29.0 Å². The third-order valence-corrected chi connectivity index (χ3v) is 3.19. The van der Waals surface area contributed by atoms with Crippen LogP contribution in [0.15, 0.2) is 24.3 Å². The van der Waals surface area contributed by atoms with Gasteiger partial charge >= 0.3 is 6.03 Å². The van der Waals surface area contributed by atoms with E-state index in [9.17, 15) is 14.7 Å². The first-order valence-corrected chi connectivity index (χ1v) is 5.41. The Kier molecular flexibility index (Phi) is 2.53. The molecule has 5 nitrogen and oxygen atoms in total. The molecule has 1 heterocycles. The molecule has 0 aliphatic carbocycles. The second-order valence-corrected chi connectivity index (χ2v) is 4.10. The van der Waals surface area contributed by atoms with Gasteiger partial charge in [0.25, 0.3) is 5.91 Å². The quantitative estimate of drug-likeness (QED) is 0.755. The molecule has 90 valence electrons. The Labute approximate surface area is 99.0 Å². The van der Waals surface area contributed by atoms with Crippen molar-refractivity contribution in [3.8, 4) is 5.75 Å². The van der Waals surface area contributed by atoms with E-state index in [1.807, 2.05) is 6.92 Å². The minimum absolute atomic E-state index is 0.130. The van der Waals surface area contributed by atoms with Gasteiger partial charge in [-0.1, -0.05) is 19.1 Å². The van der Waals surface area contributed by atoms with Crippen LogP contribution < -0.4 is 5.32 Å². The molecule has 17 heavy (non-hydrogen) atoms. The van der Waals surface area contributed by atoms with E-state index in [0.717, 1.165) is 4.90 Å². The number of urea groups is 1. The molecule has 3 amide bonds. The molecule has 1 atom stereocenters. The summed E-state index contributed by atoms with van der Waals surface area (Å²) in [4.78, 5) is 24.8. The maximum absolute atomic E-state index is 12.1. The average molecular weight is 234 g/mol. The van der Waals surface area contributed by atoms with E-state index in [-0.39, 0.29) is 11.7 Å². The van der Waals surface area contributed by atoms with Gasteiger partial charge in [0, 0.05) is 7.05 Å². The predicted octanol–water partition coefficient (Wildman–Crippen LogP) is 1.18. The third kappa shape index (κ3) is 1.54. The Hall–Kier alpha value is -2.04. The number of hydrogen-bond donors (Lipinski definition) is 2. The number of phenols is 1. The van der Waals surface area contributed by atoms with Gasteiger partial charge in [0.05, 0.1) is 0 Å². The number of imide groups is 1. The zero-order valence-electron chi connectivity index (χ0n) is 9.73. The lowest BCUT2D eigenvalue weighted by Crippen LogP contribution is -2.43. The van der Waals surface area contributed by atoms with Gasteiger partial charge in [-0.3, -0.25) is 9.69 Å². The fraction of sp³-hybridized carbons (Fsp3) is 0.333. The normalized spacial score (nSPS) is 24.0. The van der Waals surface area contributed by atoms with Crippen LogP contribution in [0.5, 0.6) is 5.75 Å². The minimum atomic E-state index is -1.00. The Morgan fingerprint density at radius 3 is 2.29 bits per heavy atom. The summed E-state index contributed by atoms with van der Waals surface area (Å²) >= 11 is 0. The van der Waals surface area contributed by atoms with Gasteiger partial charge in [0.2, 0.25) is 0 Å². The number of rotatable bonds is 2. The molecule has 1 fully saturated rings. The van der Waals surface area contributed by atoms with Gasteiger partial charge in [-0.05, 0) is 24.1 Å². The van der Waals surface area contributed by atoms with Crippen LogP contribution >= 0.6 is 0 Å². The Morgan fingerprint density at radius 1 is 1.29 bits per heavy atom. The van der Waals surface area contributed by atoms with Crippen LogP contribution in [0.25, 0.3) is 0 Å². The highest BCUT2D eigenvalue weighted by Gasteiger charge is 2.49. The number of benzene rings is 1. The highest BCUT2D eigenvalue weighted by Crippen LogP contribution is 2.32. The summed E-state index contributed by atoms with van der Waals surface area (Å²) in [7, 11) is 1.45. The van der Waals surface area contributed by atoms with Crippen LogP contribution in [0.2, 0.25) is 0 Å². The molecule has 0 spiro atoms. The molecule has 1 aromatic carbocycles. The average Bonchev–Trinajstić information content (AvgIpc) is 2.55. The molecule has 1 aromatic rings. The molecular weight excluding hydrogens is 220 g/mol. The summed E-state index contributed by atoms with van der Waals surface area (Å²) in [5.41, 5.74) is -0.319. The van der Waals surface area contributed by atoms with Crippen LogP contribution in [0.3, 0.4) is 0 Å². The lowest BCUT2D eigenvalue weighted by Gasteiger charge is -2.25. The van der Waals surface area contributed by atoms with E-state index in [4.69, 9.17) is 0 Å². The lowest BCUT2D eigenvalue weighted by atomic mass is 9.87. The van der Waals surface area contributed by atoms with Gasteiger partial charge < -0.3 is 10.4 Å². The molecule has 5 heteroatoms. The molecule has 1 aliphatic rings. The first-order valence-electron chi connectivity index (χ1n) is 5.41. The van der Waals surface area contributed by atoms with E-state index >= 15 is 0 Å². The van der Waals surface area contributed by atoms with Gasteiger partial charge in [-0.2, -0.15) is 0 Å². The van der Waals surface area contributed by atoms with Crippen LogP contribution in [0, 0.1) is 0 Å². The monoisotopic (exact) mass is 234 g/mol. The van der Waals surface area contributed by atoms with Gasteiger partial charge in [-0.15, -0.1) is 0 Å². The summed E-state index contributed by atoms with van der Waals surface area (Å²) in [5, 5.41) is 12.0. The number of phenolic OH excluding ortho intramolecular Hbond substituents is 1. The van der Waals surface area contributed by atoms with Crippen molar-refractivity contribution in [2.75, 3.05) is 7.05 Å². The fourth-order valence-corrected chi connectivity index (χ4v) is 2.08. The minimum Gasteiger partial charge on any atom is -0.508 e. The largest absolute Gasteiger partial charge is 0.508 e. The highest BCUT2D eigenvalue weighted by atomic mass is 16.3. The van der Waals surface area contributed by atoms with E-state index in [2.05, 4.69) is 5.32 Å². The van der Waals surface area contributed by atoms with E-state index in [1.165, 1.54) is 19.2 Å². The van der Waals surface area contributed by atoms with Crippen molar-refractivity contribution in [1.82, 2.24) is 10.2 Å². The van der Waals surface area contributed by atoms with Gasteiger partial charge in [0.15, 0.2) is 0 Å². The molecule has 2 rings (SSSR count). The number of amides is 3. The van der Waals surface area contributed by atoms with Gasteiger partial charge in [-0.25, -0.2) is 4.79 Å². The van der Waals surface area contributed by atoms with Crippen LogP contribution in [-0.2, 0) is 10.3 Å². The Balaban J connectivity index is 2.49. The maximum atomic E-state index is 12.1. The predicted molar refractivity (Wildman–Crippen MR) is 61.4 cm³/mol. The number of nitrogens with zero attached hydrogens (tertiary/aromatic N) is 1. The second kappa shape index (κ2) is 3.76. The second-order valence-electron chi connectivity index (χ2n) is 4.10. The number of hydrogen-bond acceptors (Lipinski definition) is 3. The van der Waals surface area contributed by atoms with E-state index in [1.54, 1.807) is 12.1 Å². The van der Waals surface area contributed by atoms with Crippen molar-refractivity contribution in [2.45, 2.75) is 18.9 Å². The molecule has 1 saturated heterocycles. The standard InChI is InChI=1S/C12H14N2O3/c1-3-12(8-4-6-9(15)7-5-8)10(16)14(2)11(17)13-12/h4-7,15H,3H2,1-2H3,(H,13,17)/t12-/m1/s1. The molecule has 0 aromatic heterocycles. The van der Waals surface area contributed by atoms with E-state index < -0.39 is 11.6 Å². The molecule has 2 N–H and O–H groups in total. The van der Waals surface area contributed by atoms with Crippen molar-refractivity contribution in [3.05, 3.63) is 29.8 Å². The first-order chi connectivity index (χ1) is 8.01. The summed E-state index contributed by atoms with van der Waals surface area (Å²) in [6.07, 6.45) is 0.465. The smallest absolute Gasteiger partial charge is 0.325 e. The molecule has 0 saturated carbocycles. The van der Waals surface area contributed by atoms with Crippen molar-refractivity contribution in [1.29, 1.82) is 0 Å². The Morgan fingerprint density at radius 2 is 1.88 bits per heavy atom. The van der Waals surface area contributed by atoms with Crippen molar-refractivity contribution >= 4 is 11.9 Å². The van der Waals surface area contributed by atoms with Crippen molar-refractivity contribution in [2.24, 2.45) is 0 Å². The first kappa shape index (κ1) is 11.4. The fourth-order valence-electron chi connectivity index (χ4n) is 2.08. The maximum Gasteiger partial charge on any atom is 0.325 e. The van der Waals surface area contributed by atoms with Crippen LogP contribution in [0.4, 0.5) is 4.79 Å². The highest BCUT2D eigenvalue weighted by molar-refractivity contribution is 6.07. The third-order valence-electron chi connectivity index (χ3n) is 3.19. The van der Waals surface area contributed by atoms with Crippen molar-refractivity contribution in [3.63, 3.8) is 0 Å². The number of likely N-dealkylation sites (N-methyl/N-ethyl adjacent to an activating group) is 1. The molecule has 0 unspecified atom stereocenters. The Bertz CT molecular complexity index is 469. The van der Waals surface area contributed by atoms with E-state index in [0.29, 0.717) is 12.0 Å². The number of nitrogens with one attached hydrogen (secondary N) is 1. The zero-order valence-corrected chi connectivity index (χ0v) is 9.73. The zero-order chi connectivity index (χ0) is 12.6. The topological polar surface area (TPSA) is 69.6 Å². The van der Waals surface area contributed by atoms with Gasteiger partial charge in [0.1, 0.15) is 11.3 Å². The summed E-state index contributed by atoms with van der Waals surface area (Å²) in [6, 6.07) is 5.91. The number of aromatic hydroxyl groups is 1. The molecular formula is C12H14N2O3. The molecule has 0 radical (unpaired) electrons. The number of carbonyl (C=O) groups excluding carboxylic acids is 2. The van der Waals surface area contributed by atoms with Crippen LogP contribution in [0.1, 0.15) is 18.9 Å². The summed E-state index contributed by atoms with van der Waals surface area (Å²) in [6.45, 7) is 1.84. The SMILES string of the molecule is CC[C@]1(c2ccc(O)cc2)NC(=O)N(C)C1=O.